The van der Waals surface area contributed by atoms with Gasteiger partial charge < -0.3 is 9.84 Å². The van der Waals surface area contributed by atoms with Crippen LogP contribution in [0.5, 0.6) is 11.5 Å². The fourth-order valence-corrected chi connectivity index (χ4v) is 2.58. The summed E-state index contributed by atoms with van der Waals surface area (Å²) in [5, 5.41) is 9.98. The van der Waals surface area contributed by atoms with Gasteiger partial charge in [-0.1, -0.05) is 25.1 Å². The van der Waals surface area contributed by atoms with Gasteiger partial charge in [0.15, 0.2) is 9.84 Å². The van der Waals surface area contributed by atoms with E-state index >= 15 is 0 Å². The van der Waals surface area contributed by atoms with Gasteiger partial charge in [0.1, 0.15) is 11.5 Å². The minimum atomic E-state index is -3.21. The second kappa shape index (κ2) is 6.28. The summed E-state index contributed by atoms with van der Waals surface area (Å²) in [5.74, 6) is 1.09. The second-order valence-electron chi connectivity index (χ2n) is 4.81. The van der Waals surface area contributed by atoms with E-state index in [2.05, 4.69) is 0 Å². The van der Waals surface area contributed by atoms with Gasteiger partial charge in [-0.25, -0.2) is 8.42 Å². The molecule has 0 aliphatic carbocycles. The normalized spacial score (nSPS) is 12.9. The lowest BCUT2D eigenvalue weighted by Gasteiger charge is -2.14. The fraction of sp³-hybridized carbons (Fsp3) is 0.250. The molecule has 0 spiro atoms. The Hall–Kier alpha value is -1.85. The number of benzene rings is 2. The topological polar surface area (TPSA) is 63.6 Å². The van der Waals surface area contributed by atoms with Crippen molar-refractivity contribution in [2.24, 2.45) is 0 Å². The Morgan fingerprint density at radius 2 is 1.71 bits per heavy atom. The summed E-state index contributed by atoms with van der Waals surface area (Å²) in [6.07, 6.45) is 1.17. The zero-order valence-electron chi connectivity index (χ0n) is 12.0. The lowest BCUT2D eigenvalue weighted by molar-refractivity contribution is 0.170. The first kappa shape index (κ1) is 15.5. The molecule has 1 atom stereocenters. The van der Waals surface area contributed by atoms with Crippen molar-refractivity contribution in [3.63, 3.8) is 0 Å². The Morgan fingerprint density at radius 1 is 1.10 bits per heavy atom. The molecule has 5 heteroatoms. The van der Waals surface area contributed by atoms with Crippen LogP contribution in [0.4, 0.5) is 0 Å². The van der Waals surface area contributed by atoms with Gasteiger partial charge in [-0.15, -0.1) is 0 Å². The Labute approximate surface area is 124 Å². The molecule has 1 N–H and O–H groups in total. The summed E-state index contributed by atoms with van der Waals surface area (Å²) >= 11 is 0. The molecule has 1 unspecified atom stereocenters. The van der Waals surface area contributed by atoms with Crippen molar-refractivity contribution in [1.29, 1.82) is 0 Å². The summed E-state index contributed by atoms with van der Waals surface area (Å²) in [4.78, 5) is 0.247. The third-order valence-electron chi connectivity index (χ3n) is 3.14. The third-order valence-corrected chi connectivity index (χ3v) is 4.27. The van der Waals surface area contributed by atoms with Gasteiger partial charge in [0.2, 0.25) is 0 Å². The molecular weight excluding hydrogens is 288 g/mol. The monoisotopic (exact) mass is 306 g/mol. The Kier molecular flexibility index (Phi) is 4.65. The minimum Gasteiger partial charge on any atom is -0.457 e. The molecule has 112 valence electrons. The number of aliphatic hydroxyl groups excluding tert-OH is 1. The lowest BCUT2D eigenvalue weighted by Crippen LogP contribution is -1.99. The number of hydrogen-bond donors (Lipinski definition) is 1. The summed E-state index contributed by atoms with van der Waals surface area (Å²) in [7, 11) is -3.21. The quantitative estimate of drug-likeness (QED) is 0.920. The van der Waals surface area contributed by atoms with Gasteiger partial charge >= 0.3 is 0 Å². The van der Waals surface area contributed by atoms with Crippen molar-refractivity contribution < 1.29 is 18.3 Å². The maximum atomic E-state index is 11.4. The first-order valence-corrected chi connectivity index (χ1v) is 8.56. The van der Waals surface area contributed by atoms with E-state index in [4.69, 9.17) is 4.74 Å². The summed E-state index contributed by atoms with van der Waals surface area (Å²) in [5.41, 5.74) is 0.715. The van der Waals surface area contributed by atoms with Crippen LogP contribution in [0.15, 0.2) is 53.4 Å². The predicted octanol–water partition coefficient (Wildman–Crippen LogP) is 3.33. The molecule has 0 bridgehead atoms. The summed E-state index contributed by atoms with van der Waals surface area (Å²) in [6, 6.07) is 13.5. The van der Waals surface area contributed by atoms with Gasteiger partial charge in [-0.2, -0.15) is 0 Å². The van der Waals surface area contributed by atoms with Crippen LogP contribution in [0.25, 0.3) is 0 Å². The highest BCUT2D eigenvalue weighted by Crippen LogP contribution is 2.31. The number of hydrogen-bond acceptors (Lipinski definition) is 4. The van der Waals surface area contributed by atoms with Crippen molar-refractivity contribution in [1.82, 2.24) is 0 Å². The van der Waals surface area contributed by atoms with Gasteiger partial charge in [0.25, 0.3) is 0 Å². The molecule has 2 rings (SSSR count). The molecule has 0 aliphatic rings. The predicted molar refractivity (Wildman–Crippen MR) is 81.3 cm³/mol. The van der Waals surface area contributed by atoms with E-state index in [0.717, 1.165) is 6.26 Å². The molecule has 4 nitrogen and oxygen atoms in total. The Morgan fingerprint density at radius 3 is 2.29 bits per heavy atom. The van der Waals surface area contributed by atoms with Crippen molar-refractivity contribution >= 4 is 9.84 Å². The molecule has 0 amide bonds. The van der Waals surface area contributed by atoms with Gasteiger partial charge in [-0.05, 0) is 36.8 Å². The highest BCUT2D eigenvalue weighted by Gasteiger charge is 2.12. The maximum absolute atomic E-state index is 11.4. The van der Waals surface area contributed by atoms with Crippen molar-refractivity contribution in [2.75, 3.05) is 6.26 Å². The van der Waals surface area contributed by atoms with Crippen molar-refractivity contribution in [2.45, 2.75) is 24.3 Å². The average Bonchev–Trinajstić information content (AvgIpc) is 2.46. The van der Waals surface area contributed by atoms with Gasteiger partial charge in [0.05, 0.1) is 11.0 Å². The van der Waals surface area contributed by atoms with Crippen LogP contribution in [-0.4, -0.2) is 19.8 Å². The van der Waals surface area contributed by atoms with Crippen LogP contribution in [0.1, 0.15) is 25.0 Å². The third kappa shape index (κ3) is 3.83. The largest absolute Gasteiger partial charge is 0.457 e. The van der Waals surface area contributed by atoms with Crippen LogP contribution < -0.4 is 4.74 Å². The highest BCUT2D eigenvalue weighted by atomic mass is 32.2. The van der Waals surface area contributed by atoms with Crippen LogP contribution >= 0.6 is 0 Å². The number of sulfone groups is 1. The summed E-state index contributed by atoms with van der Waals surface area (Å²) < 4.78 is 28.6. The highest BCUT2D eigenvalue weighted by molar-refractivity contribution is 7.90. The summed E-state index contributed by atoms with van der Waals surface area (Å²) in [6.45, 7) is 1.89. The van der Waals surface area contributed by atoms with Crippen molar-refractivity contribution in [3.05, 3.63) is 54.1 Å². The smallest absolute Gasteiger partial charge is 0.175 e. The van der Waals surface area contributed by atoms with Gasteiger partial charge in [-0.3, -0.25) is 0 Å². The second-order valence-corrected chi connectivity index (χ2v) is 6.82. The molecule has 2 aromatic carbocycles. The molecule has 0 aromatic heterocycles. The molecule has 0 saturated heterocycles. The molecule has 0 saturated carbocycles. The van der Waals surface area contributed by atoms with Crippen molar-refractivity contribution in [3.8, 4) is 11.5 Å². The van der Waals surface area contributed by atoms with Crippen LogP contribution in [0, 0.1) is 0 Å². The SMILES string of the molecule is CCC(O)c1ccccc1Oc1ccc(S(C)(=O)=O)cc1. The van der Waals surface area contributed by atoms with Crippen LogP contribution in [0.3, 0.4) is 0 Å². The molecule has 0 radical (unpaired) electrons. The zero-order valence-corrected chi connectivity index (χ0v) is 12.8. The Balaban J connectivity index is 2.27. The van der Waals surface area contributed by atoms with Crippen LogP contribution in [-0.2, 0) is 9.84 Å². The number of ether oxygens (including phenoxy) is 1. The minimum absolute atomic E-state index is 0.247. The molecule has 21 heavy (non-hydrogen) atoms. The van der Waals surface area contributed by atoms with Gasteiger partial charge in [0, 0.05) is 11.8 Å². The van der Waals surface area contributed by atoms with E-state index in [-0.39, 0.29) is 4.90 Å². The number of aliphatic hydroxyl groups is 1. The molecule has 2 aromatic rings. The van der Waals surface area contributed by atoms with E-state index in [0.29, 0.717) is 23.5 Å². The van der Waals surface area contributed by atoms with E-state index < -0.39 is 15.9 Å². The molecule has 0 aliphatic heterocycles. The van der Waals surface area contributed by atoms with E-state index in [9.17, 15) is 13.5 Å². The fourth-order valence-electron chi connectivity index (χ4n) is 1.95. The zero-order chi connectivity index (χ0) is 15.5. The lowest BCUT2D eigenvalue weighted by atomic mass is 10.1. The first-order chi connectivity index (χ1) is 9.91. The standard InChI is InChI=1S/C16H18O4S/c1-3-15(17)14-6-4-5-7-16(14)20-12-8-10-13(11-9-12)21(2,18)19/h4-11,15,17H,3H2,1-2H3. The first-order valence-electron chi connectivity index (χ1n) is 6.66. The molecule has 0 fully saturated rings. The maximum Gasteiger partial charge on any atom is 0.175 e. The Bertz CT molecular complexity index is 705. The number of rotatable bonds is 5. The average molecular weight is 306 g/mol. The molecule has 0 heterocycles. The van der Waals surface area contributed by atoms with E-state index in [1.165, 1.54) is 12.1 Å². The molecular formula is C16H18O4S. The van der Waals surface area contributed by atoms with E-state index in [1.807, 2.05) is 25.1 Å². The van der Waals surface area contributed by atoms with E-state index in [1.54, 1.807) is 18.2 Å². The number of para-hydroxylation sites is 1. The van der Waals surface area contributed by atoms with Crippen LogP contribution in [0.2, 0.25) is 0 Å².